The second-order valence-corrected chi connectivity index (χ2v) is 10.5. The summed E-state index contributed by atoms with van der Waals surface area (Å²) >= 11 is 5.78. The van der Waals surface area contributed by atoms with Crippen molar-refractivity contribution in [1.82, 2.24) is 29.4 Å². The Bertz CT molecular complexity index is 2010. The fourth-order valence-corrected chi connectivity index (χ4v) is 5.14. The van der Waals surface area contributed by atoms with Crippen molar-refractivity contribution in [3.8, 4) is 16.9 Å². The highest BCUT2D eigenvalue weighted by Gasteiger charge is 2.16. The summed E-state index contributed by atoms with van der Waals surface area (Å²) in [7, 11) is -3.87. The molecule has 0 amide bonds. The average Bonchev–Trinajstić information content (AvgIpc) is 3.48. The first-order valence-corrected chi connectivity index (χ1v) is 13.8. The number of benzene rings is 3. The summed E-state index contributed by atoms with van der Waals surface area (Å²) in [6.45, 7) is 0. The van der Waals surface area contributed by atoms with Gasteiger partial charge in [-0.3, -0.25) is 0 Å². The van der Waals surface area contributed by atoms with Crippen LogP contribution in [0.25, 0.3) is 28.0 Å². The maximum atomic E-state index is 12.7. The molecule has 13 heteroatoms. The lowest BCUT2D eigenvalue weighted by Gasteiger charge is -2.08. The van der Waals surface area contributed by atoms with Gasteiger partial charge in [-0.25, -0.2) is 32.8 Å². The van der Waals surface area contributed by atoms with E-state index in [2.05, 4.69) is 30.1 Å². The number of fused-ring (bicyclic) bond motifs is 1. The zero-order valence-corrected chi connectivity index (χ0v) is 22.2. The van der Waals surface area contributed by atoms with Crippen LogP contribution in [0.5, 0.6) is 0 Å². The summed E-state index contributed by atoms with van der Waals surface area (Å²) in [5, 5.41) is 13.2. The van der Waals surface area contributed by atoms with Crippen LogP contribution in [-0.2, 0) is 10.0 Å². The SMILES string of the molecule is O=S(=O)(Nc1ncccn1)c1ccc(N=Nn2c(=S)c(-c3cnn(-c4ccccc4)c3)nc3ccccc32)cc1. The molecule has 6 rings (SSSR count). The first-order chi connectivity index (χ1) is 19.5. The van der Waals surface area contributed by atoms with E-state index in [0.717, 1.165) is 11.3 Å². The number of aromatic nitrogens is 6. The molecule has 0 spiro atoms. The Labute approximate surface area is 233 Å². The zero-order chi connectivity index (χ0) is 27.5. The lowest BCUT2D eigenvalue weighted by atomic mass is 10.2. The van der Waals surface area contributed by atoms with E-state index < -0.39 is 10.0 Å². The molecule has 3 aromatic carbocycles. The molecule has 0 unspecified atom stereocenters. The van der Waals surface area contributed by atoms with Gasteiger partial charge in [-0.2, -0.15) is 9.77 Å². The topological polar surface area (TPSA) is 132 Å². The monoisotopic (exact) mass is 565 g/mol. The summed E-state index contributed by atoms with van der Waals surface area (Å²) in [6.07, 6.45) is 6.46. The van der Waals surface area contributed by atoms with Crippen LogP contribution >= 0.6 is 12.2 Å². The number of hydrogen-bond donors (Lipinski definition) is 1. The Morgan fingerprint density at radius 1 is 0.850 bits per heavy atom. The molecular formula is C27H19N9O2S2. The van der Waals surface area contributed by atoms with E-state index in [1.165, 1.54) is 29.2 Å². The van der Waals surface area contributed by atoms with Crippen molar-refractivity contribution in [2.75, 3.05) is 4.72 Å². The standard InChI is InChI=1S/C27H19N9O2S2/c37-40(38,33-27-28-15-6-16-29-27)22-13-11-20(12-14-22)32-34-36-24-10-5-4-9-23(24)31-25(26(36)39)19-17-30-35(18-19)21-7-2-1-3-8-21/h1-18H,(H,28,29,33). The predicted octanol–water partition coefficient (Wildman–Crippen LogP) is 5.76. The molecule has 0 aliphatic rings. The maximum absolute atomic E-state index is 12.7. The van der Waals surface area contributed by atoms with Gasteiger partial charge >= 0.3 is 0 Å². The summed E-state index contributed by atoms with van der Waals surface area (Å²) in [4.78, 5) is 12.6. The fourth-order valence-electron chi connectivity index (χ4n) is 3.88. The first kappa shape index (κ1) is 25.2. The van der Waals surface area contributed by atoms with Crippen molar-refractivity contribution in [3.63, 3.8) is 0 Å². The number of sulfonamides is 1. The number of nitrogens with zero attached hydrogens (tertiary/aromatic N) is 8. The minimum atomic E-state index is -3.87. The normalized spacial score (nSPS) is 11.7. The molecule has 0 fully saturated rings. The summed E-state index contributed by atoms with van der Waals surface area (Å²) in [5.41, 5.74) is 3.94. The van der Waals surface area contributed by atoms with E-state index in [0.29, 0.717) is 27.1 Å². The Balaban J connectivity index is 1.33. The van der Waals surface area contributed by atoms with Gasteiger partial charge in [-0.15, -0.1) is 5.11 Å². The van der Waals surface area contributed by atoms with Gasteiger partial charge in [0.05, 0.1) is 33.5 Å². The Morgan fingerprint density at radius 2 is 1.57 bits per heavy atom. The molecule has 196 valence electrons. The van der Waals surface area contributed by atoms with E-state index >= 15 is 0 Å². The zero-order valence-electron chi connectivity index (χ0n) is 20.6. The van der Waals surface area contributed by atoms with Crippen molar-refractivity contribution in [2.45, 2.75) is 4.90 Å². The smallest absolute Gasteiger partial charge is 0.247 e. The van der Waals surface area contributed by atoms with Crippen LogP contribution < -0.4 is 4.72 Å². The third-order valence-corrected chi connectivity index (χ3v) is 7.51. The molecule has 0 atom stereocenters. The van der Waals surface area contributed by atoms with Gasteiger partial charge in [0.2, 0.25) is 5.95 Å². The number of rotatable bonds is 7. The van der Waals surface area contributed by atoms with Gasteiger partial charge in [-0.05, 0) is 54.6 Å². The van der Waals surface area contributed by atoms with Gasteiger partial charge in [0.25, 0.3) is 10.0 Å². The Morgan fingerprint density at radius 3 is 2.35 bits per heavy atom. The third-order valence-electron chi connectivity index (χ3n) is 5.80. The highest BCUT2D eigenvalue weighted by atomic mass is 32.2. The first-order valence-electron chi connectivity index (χ1n) is 11.9. The summed E-state index contributed by atoms with van der Waals surface area (Å²) < 4.78 is 31.3. The van der Waals surface area contributed by atoms with E-state index in [-0.39, 0.29) is 10.8 Å². The van der Waals surface area contributed by atoms with E-state index in [1.807, 2.05) is 60.8 Å². The molecule has 11 nitrogen and oxygen atoms in total. The van der Waals surface area contributed by atoms with Crippen LogP contribution in [0, 0.1) is 4.64 Å². The fraction of sp³-hybridized carbons (Fsp3) is 0. The van der Waals surface area contributed by atoms with Crippen LogP contribution in [0.15, 0.2) is 125 Å². The number of anilines is 1. The van der Waals surface area contributed by atoms with E-state index in [1.54, 1.807) is 29.1 Å². The molecule has 0 aliphatic carbocycles. The highest BCUT2D eigenvalue weighted by molar-refractivity contribution is 7.92. The van der Waals surface area contributed by atoms with Crippen LogP contribution in [0.1, 0.15) is 0 Å². The van der Waals surface area contributed by atoms with Gasteiger partial charge in [0, 0.05) is 24.2 Å². The molecular weight excluding hydrogens is 546 g/mol. The molecule has 0 saturated heterocycles. The van der Waals surface area contributed by atoms with Crippen molar-refractivity contribution >= 4 is 44.9 Å². The molecule has 0 radical (unpaired) electrons. The average molecular weight is 566 g/mol. The molecule has 0 bridgehead atoms. The third kappa shape index (κ3) is 5.10. The second-order valence-electron chi connectivity index (χ2n) is 8.44. The Hall–Kier alpha value is -5.14. The second kappa shape index (κ2) is 10.6. The quantitative estimate of drug-likeness (QED) is 0.192. The van der Waals surface area contributed by atoms with Crippen molar-refractivity contribution < 1.29 is 8.42 Å². The van der Waals surface area contributed by atoms with Gasteiger partial charge in [0.1, 0.15) is 5.69 Å². The minimum Gasteiger partial charge on any atom is -0.247 e. The van der Waals surface area contributed by atoms with Crippen LogP contribution in [0.2, 0.25) is 0 Å². The van der Waals surface area contributed by atoms with Crippen LogP contribution in [-0.4, -0.2) is 37.8 Å². The molecule has 0 aliphatic heterocycles. The van der Waals surface area contributed by atoms with Crippen molar-refractivity contribution in [2.24, 2.45) is 10.3 Å². The van der Waals surface area contributed by atoms with Crippen LogP contribution in [0.3, 0.4) is 0 Å². The summed E-state index contributed by atoms with van der Waals surface area (Å²) in [6, 6.07) is 24.7. The van der Waals surface area contributed by atoms with Crippen molar-refractivity contribution in [3.05, 3.63) is 114 Å². The molecule has 40 heavy (non-hydrogen) atoms. The number of para-hydroxylation sites is 3. The van der Waals surface area contributed by atoms with Crippen LogP contribution in [0.4, 0.5) is 11.6 Å². The minimum absolute atomic E-state index is 0.0182. The molecule has 3 aromatic heterocycles. The molecule has 1 N–H and O–H groups in total. The van der Waals surface area contributed by atoms with Crippen molar-refractivity contribution in [1.29, 1.82) is 0 Å². The predicted molar refractivity (Wildman–Crippen MR) is 152 cm³/mol. The molecule has 6 aromatic rings. The maximum Gasteiger partial charge on any atom is 0.264 e. The van der Waals surface area contributed by atoms with Gasteiger partial charge in [0.15, 0.2) is 4.64 Å². The van der Waals surface area contributed by atoms with Gasteiger partial charge < -0.3 is 0 Å². The van der Waals surface area contributed by atoms with E-state index in [4.69, 9.17) is 17.2 Å². The summed E-state index contributed by atoms with van der Waals surface area (Å²) in [5.74, 6) is -0.0182. The largest absolute Gasteiger partial charge is 0.264 e. The molecule has 3 heterocycles. The lowest BCUT2D eigenvalue weighted by Crippen LogP contribution is -2.14. The lowest BCUT2D eigenvalue weighted by molar-refractivity contribution is 0.601. The number of nitrogens with one attached hydrogen (secondary N) is 1. The van der Waals surface area contributed by atoms with Gasteiger partial charge in [-0.1, -0.05) is 47.8 Å². The van der Waals surface area contributed by atoms with E-state index in [9.17, 15) is 8.42 Å². The highest BCUT2D eigenvalue weighted by Crippen LogP contribution is 2.25. The molecule has 0 saturated carbocycles. The number of hydrogen-bond acceptors (Lipinski definition) is 9. The Kier molecular flexibility index (Phi) is 6.64.